The van der Waals surface area contributed by atoms with Gasteiger partial charge in [0.1, 0.15) is 0 Å². The summed E-state index contributed by atoms with van der Waals surface area (Å²) in [7, 11) is -3.38. The molecule has 1 aromatic carbocycles. The average Bonchev–Trinajstić information content (AvgIpc) is 2.57. The van der Waals surface area contributed by atoms with Gasteiger partial charge in [0, 0.05) is 12.1 Å². The number of hydrogen-bond donors (Lipinski definition) is 0. The van der Waals surface area contributed by atoms with Crippen LogP contribution < -0.4 is 0 Å². The van der Waals surface area contributed by atoms with Gasteiger partial charge in [-0.05, 0) is 37.0 Å². The zero-order chi connectivity index (χ0) is 15.4. The standard InChI is InChI=1S/C18H19NO2S/c20-22(21,18-12-6-7-13-19-18)14-16-10-4-5-11-17(16)15-8-2-1-3-9-15/h1-3,6-10,12-13,17H,4-5,11,14H2. The van der Waals surface area contributed by atoms with Gasteiger partial charge >= 0.3 is 0 Å². The Balaban J connectivity index is 1.88. The fraction of sp³-hybridized carbons (Fsp3) is 0.278. The van der Waals surface area contributed by atoms with Gasteiger partial charge in [-0.25, -0.2) is 13.4 Å². The molecule has 0 saturated carbocycles. The summed E-state index contributed by atoms with van der Waals surface area (Å²) in [5.74, 6) is 0.261. The van der Waals surface area contributed by atoms with E-state index in [9.17, 15) is 8.42 Å². The van der Waals surface area contributed by atoms with E-state index in [1.807, 2.05) is 18.2 Å². The Morgan fingerprint density at radius 3 is 2.55 bits per heavy atom. The van der Waals surface area contributed by atoms with Crippen LogP contribution in [0.3, 0.4) is 0 Å². The van der Waals surface area contributed by atoms with E-state index in [0.717, 1.165) is 24.8 Å². The molecule has 1 aliphatic rings. The summed E-state index contributed by atoms with van der Waals surface area (Å²) in [4.78, 5) is 4.00. The van der Waals surface area contributed by atoms with E-state index < -0.39 is 9.84 Å². The van der Waals surface area contributed by atoms with Gasteiger partial charge in [-0.2, -0.15) is 0 Å². The van der Waals surface area contributed by atoms with Crippen LogP contribution in [0.1, 0.15) is 30.7 Å². The molecule has 1 aliphatic carbocycles. The van der Waals surface area contributed by atoms with E-state index in [1.54, 1.807) is 18.2 Å². The first kappa shape index (κ1) is 15.0. The molecule has 3 rings (SSSR count). The number of hydrogen-bond acceptors (Lipinski definition) is 3. The topological polar surface area (TPSA) is 47.0 Å². The molecule has 114 valence electrons. The number of rotatable bonds is 4. The fourth-order valence-electron chi connectivity index (χ4n) is 2.99. The van der Waals surface area contributed by atoms with Crippen LogP contribution in [0.4, 0.5) is 0 Å². The maximum atomic E-state index is 12.6. The van der Waals surface area contributed by atoms with Crippen molar-refractivity contribution in [2.75, 3.05) is 5.75 Å². The van der Waals surface area contributed by atoms with E-state index in [4.69, 9.17) is 0 Å². The molecule has 0 fully saturated rings. The average molecular weight is 313 g/mol. The molecule has 0 N–H and O–H groups in total. The molecular formula is C18H19NO2S. The van der Waals surface area contributed by atoms with Crippen molar-refractivity contribution in [2.45, 2.75) is 30.2 Å². The largest absolute Gasteiger partial charge is 0.245 e. The smallest absolute Gasteiger partial charge is 0.199 e. The number of nitrogens with zero attached hydrogens (tertiary/aromatic N) is 1. The van der Waals surface area contributed by atoms with Crippen molar-refractivity contribution in [3.05, 3.63) is 71.9 Å². The molecule has 0 saturated heterocycles. The summed E-state index contributed by atoms with van der Waals surface area (Å²) in [5, 5.41) is 0.160. The molecule has 1 heterocycles. The minimum atomic E-state index is -3.38. The molecule has 1 atom stereocenters. The number of allylic oxidation sites excluding steroid dienone is 1. The summed E-state index contributed by atoms with van der Waals surface area (Å²) in [6.07, 6.45) is 6.69. The van der Waals surface area contributed by atoms with Crippen LogP contribution in [0.2, 0.25) is 0 Å². The second kappa shape index (κ2) is 6.44. The normalized spacial score (nSPS) is 18.7. The number of benzene rings is 1. The summed E-state index contributed by atoms with van der Waals surface area (Å²) < 4.78 is 25.1. The predicted octanol–water partition coefficient (Wildman–Crippen LogP) is 3.75. The van der Waals surface area contributed by atoms with E-state index in [0.29, 0.717) is 0 Å². The van der Waals surface area contributed by atoms with Crippen molar-refractivity contribution in [3.8, 4) is 0 Å². The molecule has 2 aromatic rings. The first-order chi connectivity index (χ1) is 10.7. The van der Waals surface area contributed by atoms with Gasteiger partial charge in [0.25, 0.3) is 0 Å². The van der Waals surface area contributed by atoms with E-state index in [-0.39, 0.29) is 16.7 Å². The number of sulfone groups is 1. The van der Waals surface area contributed by atoms with Crippen molar-refractivity contribution in [2.24, 2.45) is 0 Å². The van der Waals surface area contributed by atoms with Crippen LogP contribution >= 0.6 is 0 Å². The Labute approximate surface area is 131 Å². The van der Waals surface area contributed by atoms with E-state index in [1.165, 1.54) is 11.8 Å². The van der Waals surface area contributed by atoms with Crippen LogP contribution in [0.5, 0.6) is 0 Å². The van der Waals surface area contributed by atoms with Gasteiger partial charge in [0.2, 0.25) is 0 Å². The van der Waals surface area contributed by atoms with Crippen LogP contribution in [0.15, 0.2) is 71.4 Å². The second-order valence-electron chi connectivity index (χ2n) is 5.60. The zero-order valence-corrected chi connectivity index (χ0v) is 13.2. The first-order valence-electron chi connectivity index (χ1n) is 7.54. The van der Waals surface area contributed by atoms with Crippen molar-refractivity contribution >= 4 is 9.84 Å². The summed E-state index contributed by atoms with van der Waals surface area (Å²) >= 11 is 0. The maximum Gasteiger partial charge on any atom is 0.199 e. The maximum absolute atomic E-state index is 12.6. The summed E-state index contributed by atoms with van der Waals surface area (Å²) in [6.45, 7) is 0. The molecule has 0 radical (unpaired) electrons. The molecule has 0 amide bonds. The molecule has 4 heteroatoms. The molecule has 0 spiro atoms. The van der Waals surface area contributed by atoms with Gasteiger partial charge in [0.15, 0.2) is 14.9 Å². The molecule has 0 bridgehead atoms. The highest BCUT2D eigenvalue weighted by molar-refractivity contribution is 7.91. The molecule has 22 heavy (non-hydrogen) atoms. The molecular weight excluding hydrogens is 294 g/mol. The lowest BCUT2D eigenvalue weighted by Crippen LogP contribution is -2.17. The SMILES string of the molecule is O=S(=O)(CC1=CCCCC1c1ccccc1)c1ccccn1. The van der Waals surface area contributed by atoms with Gasteiger partial charge < -0.3 is 0 Å². The predicted molar refractivity (Wildman–Crippen MR) is 87.4 cm³/mol. The van der Waals surface area contributed by atoms with Gasteiger partial charge in [0.05, 0.1) is 5.75 Å². The molecule has 1 aromatic heterocycles. The Bertz CT molecular complexity index is 752. The van der Waals surface area contributed by atoms with Crippen LogP contribution in [0, 0.1) is 0 Å². The minimum absolute atomic E-state index is 0.0591. The number of pyridine rings is 1. The zero-order valence-electron chi connectivity index (χ0n) is 12.4. The first-order valence-corrected chi connectivity index (χ1v) is 9.20. The monoisotopic (exact) mass is 313 g/mol. The summed E-state index contributed by atoms with van der Waals surface area (Å²) in [6, 6.07) is 15.2. The highest BCUT2D eigenvalue weighted by Crippen LogP contribution is 2.35. The van der Waals surface area contributed by atoms with E-state index in [2.05, 4.69) is 23.2 Å². The minimum Gasteiger partial charge on any atom is -0.245 e. The molecule has 1 unspecified atom stereocenters. The molecule has 0 aliphatic heterocycles. The lowest BCUT2D eigenvalue weighted by molar-refractivity contribution is 0.584. The highest BCUT2D eigenvalue weighted by Gasteiger charge is 2.25. The Hall–Kier alpha value is -1.94. The lowest BCUT2D eigenvalue weighted by atomic mass is 9.83. The van der Waals surface area contributed by atoms with Crippen molar-refractivity contribution in [3.63, 3.8) is 0 Å². The van der Waals surface area contributed by atoms with Crippen molar-refractivity contribution in [1.29, 1.82) is 0 Å². The third kappa shape index (κ3) is 3.28. The van der Waals surface area contributed by atoms with E-state index >= 15 is 0 Å². The highest BCUT2D eigenvalue weighted by atomic mass is 32.2. The van der Waals surface area contributed by atoms with Crippen molar-refractivity contribution in [1.82, 2.24) is 4.98 Å². The van der Waals surface area contributed by atoms with Crippen LogP contribution in [-0.2, 0) is 9.84 Å². The quantitative estimate of drug-likeness (QED) is 0.808. The summed E-state index contributed by atoms with van der Waals surface area (Å²) in [5.41, 5.74) is 2.20. The Kier molecular flexibility index (Phi) is 4.39. The van der Waals surface area contributed by atoms with Crippen molar-refractivity contribution < 1.29 is 8.42 Å². The van der Waals surface area contributed by atoms with Gasteiger partial charge in [-0.3, -0.25) is 0 Å². The third-order valence-electron chi connectivity index (χ3n) is 4.07. The Morgan fingerprint density at radius 1 is 1.05 bits per heavy atom. The number of aromatic nitrogens is 1. The third-order valence-corrected chi connectivity index (χ3v) is 5.66. The van der Waals surface area contributed by atoms with Gasteiger partial charge in [-0.1, -0.05) is 48.0 Å². The lowest BCUT2D eigenvalue weighted by Gasteiger charge is -2.24. The molecule has 3 nitrogen and oxygen atoms in total. The van der Waals surface area contributed by atoms with Crippen LogP contribution in [0.25, 0.3) is 0 Å². The second-order valence-corrected chi connectivity index (χ2v) is 7.54. The fourth-order valence-corrected chi connectivity index (χ4v) is 4.40. The van der Waals surface area contributed by atoms with Gasteiger partial charge in [-0.15, -0.1) is 0 Å². The van der Waals surface area contributed by atoms with Crippen LogP contribution in [-0.4, -0.2) is 19.2 Å². The Morgan fingerprint density at radius 2 is 1.82 bits per heavy atom.